The number of benzene rings is 2. The summed E-state index contributed by atoms with van der Waals surface area (Å²) in [5, 5.41) is 1.37. The van der Waals surface area contributed by atoms with Gasteiger partial charge in [0, 0.05) is 11.1 Å². The first-order valence-corrected chi connectivity index (χ1v) is 13.8. The van der Waals surface area contributed by atoms with Crippen LogP contribution in [0.4, 0.5) is 0 Å². The van der Waals surface area contributed by atoms with Crippen LogP contribution in [0.15, 0.2) is 59.9 Å². The molecule has 2 heterocycles. The number of esters is 1. The van der Waals surface area contributed by atoms with Crippen molar-refractivity contribution in [2.45, 2.75) is 39.5 Å². The Morgan fingerprint density at radius 2 is 1.87 bits per heavy atom. The summed E-state index contributed by atoms with van der Waals surface area (Å²) in [6, 6.07) is 16.6. The predicted molar refractivity (Wildman–Crippen MR) is 123 cm³/mol. The zero-order chi connectivity index (χ0) is 21.5. The number of aromatic nitrogens is 2. The Morgan fingerprint density at radius 1 is 1.13 bits per heavy atom. The van der Waals surface area contributed by atoms with Crippen molar-refractivity contribution >= 4 is 24.9 Å². The van der Waals surface area contributed by atoms with E-state index in [1.165, 1.54) is 5.19 Å². The second-order valence-electron chi connectivity index (χ2n) is 8.57. The van der Waals surface area contributed by atoms with Crippen molar-refractivity contribution in [2.24, 2.45) is 4.99 Å². The Morgan fingerprint density at radius 3 is 2.53 bits per heavy atom. The van der Waals surface area contributed by atoms with Crippen LogP contribution >= 0.6 is 0 Å². The van der Waals surface area contributed by atoms with Gasteiger partial charge in [-0.1, -0.05) is 67.3 Å². The third kappa shape index (κ3) is 3.52. The van der Waals surface area contributed by atoms with Crippen LogP contribution in [-0.4, -0.2) is 35.9 Å². The van der Waals surface area contributed by atoms with Crippen molar-refractivity contribution in [1.29, 1.82) is 0 Å². The molecule has 0 saturated carbocycles. The maximum atomic E-state index is 12.5. The van der Waals surface area contributed by atoms with Crippen LogP contribution in [0.1, 0.15) is 47.2 Å². The van der Waals surface area contributed by atoms with Gasteiger partial charge in [-0.3, -0.25) is 9.56 Å². The monoisotopic (exact) mass is 417 g/mol. The van der Waals surface area contributed by atoms with E-state index in [2.05, 4.69) is 55.0 Å². The van der Waals surface area contributed by atoms with Crippen LogP contribution in [0.3, 0.4) is 0 Å². The Hall–Kier alpha value is -2.99. The van der Waals surface area contributed by atoms with Gasteiger partial charge in [-0.2, -0.15) is 0 Å². The molecule has 154 valence electrons. The highest BCUT2D eigenvalue weighted by Gasteiger charge is 2.30. The van der Waals surface area contributed by atoms with Gasteiger partial charge in [0.05, 0.1) is 37.8 Å². The number of hydrogen-bond donors (Lipinski definition) is 0. The Bertz CT molecular complexity index is 1130. The van der Waals surface area contributed by atoms with Crippen LogP contribution in [-0.2, 0) is 4.74 Å². The largest absolute Gasteiger partial charge is 0.461 e. The highest BCUT2D eigenvalue weighted by molar-refractivity contribution is 6.88. The summed E-state index contributed by atoms with van der Waals surface area (Å²) in [7, 11) is -1.53. The molecular formula is C24H27N3O2Si. The van der Waals surface area contributed by atoms with Crippen molar-refractivity contribution in [3.05, 3.63) is 77.4 Å². The third-order valence-corrected chi connectivity index (χ3v) is 7.46. The lowest BCUT2D eigenvalue weighted by atomic mass is 10.0. The minimum absolute atomic E-state index is 0.246. The van der Waals surface area contributed by atoms with Crippen LogP contribution in [0.5, 0.6) is 0 Å². The van der Waals surface area contributed by atoms with E-state index in [4.69, 9.17) is 9.73 Å². The quantitative estimate of drug-likeness (QED) is 0.464. The molecule has 0 unspecified atom stereocenters. The van der Waals surface area contributed by atoms with Crippen LogP contribution in [0, 0.1) is 0 Å². The third-order valence-electron chi connectivity index (χ3n) is 5.42. The second-order valence-corrected chi connectivity index (χ2v) is 13.6. The molecule has 0 radical (unpaired) electrons. The van der Waals surface area contributed by atoms with Crippen molar-refractivity contribution in [3.8, 4) is 5.69 Å². The highest BCUT2D eigenvalue weighted by atomic mass is 28.3. The molecule has 1 aliphatic rings. The number of aliphatic imine (C=N–C) groups is 1. The summed E-state index contributed by atoms with van der Waals surface area (Å²) in [6.45, 7) is 11.1. The SMILES string of the molecule is CCOC(=O)c1ncn2c1[C@H](C)N=C(c1ccccc1)c1cc([Si](C)(C)C)ccc1-2. The van der Waals surface area contributed by atoms with Crippen LogP contribution in [0.2, 0.25) is 19.6 Å². The van der Waals surface area contributed by atoms with E-state index in [0.29, 0.717) is 12.3 Å². The molecule has 0 amide bonds. The van der Waals surface area contributed by atoms with Crippen molar-refractivity contribution in [2.75, 3.05) is 6.61 Å². The molecule has 0 N–H and O–H groups in total. The normalized spacial score (nSPS) is 15.6. The Kier molecular flexibility index (Phi) is 5.20. The first kappa shape index (κ1) is 20.3. The Labute approximate surface area is 178 Å². The lowest BCUT2D eigenvalue weighted by molar-refractivity contribution is 0.0518. The maximum Gasteiger partial charge on any atom is 0.358 e. The molecule has 0 bridgehead atoms. The Balaban J connectivity index is 2.00. The van der Waals surface area contributed by atoms with E-state index in [9.17, 15) is 4.79 Å². The summed E-state index contributed by atoms with van der Waals surface area (Å²) < 4.78 is 7.25. The molecule has 3 aromatic rings. The maximum absolute atomic E-state index is 12.5. The van der Waals surface area contributed by atoms with Crippen molar-refractivity contribution < 1.29 is 9.53 Å². The number of carbonyl (C=O) groups excluding carboxylic acids is 1. The van der Waals surface area contributed by atoms with Gasteiger partial charge in [-0.15, -0.1) is 0 Å². The minimum atomic E-state index is -1.53. The summed E-state index contributed by atoms with van der Waals surface area (Å²) >= 11 is 0. The van der Waals surface area contributed by atoms with Crippen molar-refractivity contribution in [3.63, 3.8) is 0 Å². The molecule has 0 fully saturated rings. The molecule has 0 spiro atoms. The first-order valence-electron chi connectivity index (χ1n) is 10.3. The first-order chi connectivity index (χ1) is 14.3. The number of rotatable bonds is 4. The van der Waals surface area contributed by atoms with Gasteiger partial charge < -0.3 is 4.74 Å². The number of ether oxygens (including phenoxy) is 1. The van der Waals surface area contributed by atoms with Gasteiger partial charge in [-0.05, 0) is 19.9 Å². The molecule has 5 nitrogen and oxygen atoms in total. The van der Waals surface area contributed by atoms with Gasteiger partial charge in [-0.25, -0.2) is 9.78 Å². The molecular weight excluding hydrogens is 390 g/mol. The molecule has 0 aliphatic carbocycles. The fourth-order valence-corrected chi connectivity index (χ4v) is 5.02. The molecule has 4 rings (SSSR count). The molecule has 2 aromatic carbocycles. The molecule has 1 aromatic heterocycles. The van der Waals surface area contributed by atoms with E-state index in [-0.39, 0.29) is 6.04 Å². The number of carbonyl (C=O) groups is 1. The van der Waals surface area contributed by atoms with E-state index >= 15 is 0 Å². The van der Waals surface area contributed by atoms with Crippen LogP contribution in [0.25, 0.3) is 5.69 Å². The zero-order valence-corrected chi connectivity index (χ0v) is 19.1. The van der Waals surface area contributed by atoms with Gasteiger partial charge >= 0.3 is 5.97 Å². The lowest BCUT2D eigenvalue weighted by Crippen LogP contribution is -2.38. The fourth-order valence-electron chi connectivity index (χ4n) is 3.86. The standard InChI is InChI=1S/C24H27N3O2Si/c1-6-29-24(28)22-23-16(2)26-21(17-10-8-7-9-11-17)19-14-18(30(3,4)5)12-13-20(19)27(23)15-25-22/h7-16H,6H2,1-5H3/t16-/m0/s1. The van der Waals surface area contributed by atoms with Gasteiger partial charge in [0.2, 0.25) is 0 Å². The second kappa shape index (κ2) is 7.68. The molecule has 30 heavy (non-hydrogen) atoms. The van der Waals surface area contributed by atoms with Crippen LogP contribution < -0.4 is 5.19 Å². The number of fused-ring (bicyclic) bond motifs is 3. The lowest BCUT2D eigenvalue weighted by Gasteiger charge is -2.20. The number of hydrogen-bond acceptors (Lipinski definition) is 4. The highest BCUT2D eigenvalue weighted by Crippen LogP contribution is 2.32. The zero-order valence-electron chi connectivity index (χ0n) is 18.1. The average molecular weight is 418 g/mol. The van der Waals surface area contributed by atoms with Gasteiger partial charge in [0.25, 0.3) is 0 Å². The topological polar surface area (TPSA) is 56.5 Å². The smallest absolute Gasteiger partial charge is 0.358 e. The average Bonchev–Trinajstić information content (AvgIpc) is 3.12. The number of imidazole rings is 1. The van der Waals surface area contributed by atoms with E-state index in [0.717, 1.165) is 28.2 Å². The predicted octanol–water partition coefficient (Wildman–Crippen LogP) is 4.51. The van der Waals surface area contributed by atoms with Gasteiger partial charge in [0.1, 0.15) is 6.33 Å². The number of nitrogens with zero attached hydrogens (tertiary/aromatic N) is 3. The van der Waals surface area contributed by atoms with Crippen molar-refractivity contribution in [1.82, 2.24) is 9.55 Å². The van der Waals surface area contributed by atoms with E-state index < -0.39 is 14.0 Å². The molecule has 1 aliphatic heterocycles. The molecule has 0 saturated heterocycles. The summed E-state index contributed by atoms with van der Waals surface area (Å²) in [4.78, 5) is 22.0. The van der Waals surface area contributed by atoms with E-state index in [1.54, 1.807) is 13.3 Å². The fraction of sp³-hybridized carbons (Fsp3) is 0.292. The van der Waals surface area contributed by atoms with Gasteiger partial charge in [0.15, 0.2) is 5.69 Å². The summed E-state index contributed by atoms with van der Waals surface area (Å²) in [5.41, 5.74) is 5.16. The minimum Gasteiger partial charge on any atom is -0.461 e. The summed E-state index contributed by atoms with van der Waals surface area (Å²) in [6.07, 6.45) is 1.72. The van der Waals surface area contributed by atoms with E-state index in [1.807, 2.05) is 29.7 Å². The molecule has 6 heteroatoms. The molecule has 1 atom stereocenters. The summed E-state index contributed by atoms with van der Waals surface area (Å²) in [5.74, 6) is -0.406.